The number of aromatic nitrogens is 2. The van der Waals surface area contributed by atoms with Crippen molar-refractivity contribution in [1.82, 2.24) is 20.2 Å². The van der Waals surface area contributed by atoms with Gasteiger partial charge >= 0.3 is 0 Å². The molecule has 1 aromatic rings. The van der Waals surface area contributed by atoms with E-state index in [9.17, 15) is 0 Å². The van der Waals surface area contributed by atoms with Gasteiger partial charge in [-0.3, -0.25) is 4.90 Å². The number of nitrogens with zero attached hydrogens (tertiary/aromatic N) is 4. The molecule has 110 valence electrons. The van der Waals surface area contributed by atoms with Crippen LogP contribution in [0.2, 0.25) is 0 Å². The van der Waals surface area contributed by atoms with E-state index in [1.807, 2.05) is 0 Å². The molecular formula is C15H25N5. The van der Waals surface area contributed by atoms with E-state index < -0.39 is 0 Å². The zero-order valence-corrected chi connectivity index (χ0v) is 12.6. The molecule has 20 heavy (non-hydrogen) atoms. The highest BCUT2D eigenvalue weighted by molar-refractivity contribution is 5.49. The molecule has 0 amide bonds. The molecular weight excluding hydrogens is 250 g/mol. The van der Waals surface area contributed by atoms with Crippen molar-refractivity contribution >= 4 is 5.82 Å². The molecule has 1 atom stereocenters. The van der Waals surface area contributed by atoms with Crippen molar-refractivity contribution in [1.29, 1.82) is 0 Å². The summed E-state index contributed by atoms with van der Waals surface area (Å²) in [6, 6.07) is 0.673. The smallest absolute Gasteiger partial charge is 0.136 e. The highest BCUT2D eigenvalue weighted by atomic mass is 15.2. The van der Waals surface area contributed by atoms with Crippen molar-refractivity contribution in [3.63, 3.8) is 0 Å². The van der Waals surface area contributed by atoms with Gasteiger partial charge in [0.25, 0.3) is 0 Å². The Morgan fingerprint density at radius 2 is 2.35 bits per heavy atom. The van der Waals surface area contributed by atoms with Crippen LogP contribution >= 0.6 is 0 Å². The first-order chi connectivity index (χ1) is 9.79. The quantitative estimate of drug-likeness (QED) is 0.889. The SMILES string of the molecule is CCN1CCCC1CN(C)c1ncnc2c1CNCC2. The molecule has 5 heteroatoms. The zero-order chi connectivity index (χ0) is 13.9. The summed E-state index contributed by atoms with van der Waals surface area (Å²) in [6.45, 7) is 7.66. The van der Waals surface area contributed by atoms with E-state index in [4.69, 9.17) is 0 Å². The highest BCUT2D eigenvalue weighted by Crippen LogP contribution is 2.24. The van der Waals surface area contributed by atoms with Crippen molar-refractivity contribution in [2.45, 2.75) is 38.8 Å². The Balaban J connectivity index is 1.75. The number of likely N-dealkylation sites (N-methyl/N-ethyl adjacent to an activating group) is 2. The van der Waals surface area contributed by atoms with Gasteiger partial charge in [-0.2, -0.15) is 0 Å². The van der Waals surface area contributed by atoms with Gasteiger partial charge < -0.3 is 10.2 Å². The number of likely N-dealkylation sites (tertiary alicyclic amines) is 1. The lowest BCUT2D eigenvalue weighted by molar-refractivity contribution is 0.270. The van der Waals surface area contributed by atoms with E-state index in [0.29, 0.717) is 6.04 Å². The van der Waals surface area contributed by atoms with E-state index in [0.717, 1.165) is 38.4 Å². The van der Waals surface area contributed by atoms with Gasteiger partial charge in [-0.05, 0) is 25.9 Å². The lowest BCUT2D eigenvalue weighted by Crippen LogP contribution is -2.40. The molecule has 3 heterocycles. The molecule has 1 aromatic heterocycles. The lowest BCUT2D eigenvalue weighted by Gasteiger charge is -2.30. The fourth-order valence-electron chi connectivity index (χ4n) is 3.50. The summed E-state index contributed by atoms with van der Waals surface area (Å²) in [7, 11) is 2.17. The molecule has 0 radical (unpaired) electrons. The van der Waals surface area contributed by atoms with E-state index in [2.05, 4.69) is 39.1 Å². The van der Waals surface area contributed by atoms with E-state index in [-0.39, 0.29) is 0 Å². The van der Waals surface area contributed by atoms with E-state index in [1.54, 1.807) is 6.33 Å². The average Bonchev–Trinajstić information content (AvgIpc) is 2.93. The molecule has 1 unspecified atom stereocenters. The monoisotopic (exact) mass is 275 g/mol. The minimum atomic E-state index is 0.673. The normalized spacial score (nSPS) is 22.8. The molecule has 2 aliphatic heterocycles. The van der Waals surface area contributed by atoms with Crippen LogP contribution in [0, 0.1) is 0 Å². The fourth-order valence-corrected chi connectivity index (χ4v) is 3.50. The largest absolute Gasteiger partial charge is 0.358 e. The molecule has 1 N–H and O–H groups in total. The van der Waals surface area contributed by atoms with Gasteiger partial charge in [-0.25, -0.2) is 9.97 Å². The van der Waals surface area contributed by atoms with Gasteiger partial charge in [0, 0.05) is 44.7 Å². The molecule has 3 rings (SSSR count). The van der Waals surface area contributed by atoms with E-state index in [1.165, 1.54) is 30.6 Å². The standard InChI is InChI=1S/C15H25N5/c1-3-20-8-4-5-12(20)10-19(2)15-13-9-16-7-6-14(13)17-11-18-15/h11-12,16H,3-10H2,1-2H3. The Morgan fingerprint density at radius 1 is 1.45 bits per heavy atom. The highest BCUT2D eigenvalue weighted by Gasteiger charge is 2.26. The Labute approximate surface area is 121 Å². The molecule has 0 aromatic carbocycles. The summed E-state index contributed by atoms with van der Waals surface area (Å²) >= 11 is 0. The van der Waals surface area contributed by atoms with E-state index >= 15 is 0 Å². The molecule has 1 fully saturated rings. The van der Waals surface area contributed by atoms with Gasteiger partial charge in [0.15, 0.2) is 0 Å². The number of nitrogens with one attached hydrogen (secondary N) is 1. The third kappa shape index (κ3) is 2.65. The first-order valence-corrected chi connectivity index (χ1v) is 7.78. The summed E-state index contributed by atoms with van der Waals surface area (Å²) in [5, 5.41) is 3.43. The number of anilines is 1. The van der Waals surface area contributed by atoms with Crippen LogP contribution in [0.4, 0.5) is 5.82 Å². The number of rotatable bonds is 4. The summed E-state index contributed by atoms with van der Waals surface area (Å²) < 4.78 is 0. The van der Waals surface area contributed by atoms with Crippen LogP contribution in [0.3, 0.4) is 0 Å². The lowest BCUT2D eigenvalue weighted by atomic mass is 10.1. The summed E-state index contributed by atoms with van der Waals surface area (Å²) in [6.07, 6.45) is 5.38. The van der Waals surface area contributed by atoms with Crippen molar-refractivity contribution in [2.24, 2.45) is 0 Å². The average molecular weight is 275 g/mol. The molecule has 5 nitrogen and oxygen atoms in total. The van der Waals surface area contributed by atoms with Crippen molar-refractivity contribution in [3.05, 3.63) is 17.6 Å². The number of fused-ring (bicyclic) bond motifs is 1. The maximum absolute atomic E-state index is 4.54. The molecule has 2 aliphatic rings. The Bertz CT molecular complexity index is 462. The summed E-state index contributed by atoms with van der Waals surface area (Å²) in [5.41, 5.74) is 2.52. The fraction of sp³-hybridized carbons (Fsp3) is 0.733. The third-order valence-electron chi connectivity index (χ3n) is 4.60. The number of hydrogen-bond donors (Lipinski definition) is 1. The minimum absolute atomic E-state index is 0.673. The van der Waals surface area contributed by atoms with Crippen LogP contribution in [0.25, 0.3) is 0 Å². The first-order valence-electron chi connectivity index (χ1n) is 7.78. The molecule has 0 bridgehead atoms. The second-order valence-corrected chi connectivity index (χ2v) is 5.85. The molecule has 0 aliphatic carbocycles. The Hall–Kier alpha value is -1.20. The van der Waals surface area contributed by atoms with Crippen LogP contribution in [0.5, 0.6) is 0 Å². The maximum atomic E-state index is 4.54. The summed E-state index contributed by atoms with van der Waals surface area (Å²) in [4.78, 5) is 13.9. The third-order valence-corrected chi connectivity index (χ3v) is 4.60. The second-order valence-electron chi connectivity index (χ2n) is 5.85. The summed E-state index contributed by atoms with van der Waals surface area (Å²) in [5.74, 6) is 1.12. The molecule has 0 spiro atoms. The van der Waals surface area contributed by atoms with Crippen LogP contribution in [0.15, 0.2) is 6.33 Å². The zero-order valence-electron chi connectivity index (χ0n) is 12.6. The van der Waals surface area contributed by atoms with Gasteiger partial charge in [0.1, 0.15) is 12.1 Å². The van der Waals surface area contributed by atoms with Crippen LogP contribution in [0.1, 0.15) is 31.0 Å². The van der Waals surface area contributed by atoms with Crippen molar-refractivity contribution in [2.75, 3.05) is 38.1 Å². The van der Waals surface area contributed by atoms with Gasteiger partial charge in [-0.1, -0.05) is 6.92 Å². The predicted octanol–water partition coefficient (Wildman–Crippen LogP) is 1.04. The van der Waals surface area contributed by atoms with Gasteiger partial charge in [0.2, 0.25) is 0 Å². The first kappa shape index (κ1) is 13.8. The minimum Gasteiger partial charge on any atom is -0.358 e. The van der Waals surface area contributed by atoms with Gasteiger partial charge in [-0.15, -0.1) is 0 Å². The van der Waals surface area contributed by atoms with Gasteiger partial charge in [0.05, 0.1) is 5.69 Å². The number of hydrogen-bond acceptors (Lipinski definition) is 5. The van der Waals surface area contributed by atoms with Crippen LogP contribution in [-0.4, -0.2) is 54.1 Å². The molecule has 1 saturated heterocycles. The maximum Gasteiger partial charge on any atom is 0.136 e. The van der Waals surface area contributed by atoms with Crippen LogP contribution in [-0.2, 0) is 13.0 Å². The second kappa shape index (κ2) is 6.06. The predicted molar refractivity (Wildman–Crippen MR) is 81.0 cm³/mol. The molecule has 0 saturated carbocycles. The Kier molecular flexibility index (Phi) is 4.17. The topological polar surface area (TPSA) is 44.3 Å². The van der Waals surface area contributed by atoms with Crippen LogP contribution < -0.4 is 10.2 Å². The van der Waals surface area contributed by atoms with Crippen molar-refractivity contribution < 1.29 is 0 Å². The van der Waals surface area contributed by atoms with Crippen molar-refractivity contribution in [3.8, 4) is 0 Å². The Morgan fingerprint density at radius 3 is 3.20 bits per heavy atom.